The predicted octanol–water partition coefficient (Wildman–Crippen LogP) is 2.27. The van der Waals surface area contributed by atoms with Crippen molar-refractivity contribution in [2.45, 2.75) is 25.5 Å². The first-order valence-electron chi connectivity index (χ1n) is 4.66. The molecule has 1 aromatic rings. The van der Waals surface area contributed by atoms with Crippen LogP contribution in [0.5, 0.6) is 5.75 Å². The molecule has 0 aliphatic heterocycles. The van der Waals surface area contributed by atoms with Gasteiger partial charge < -0.3 is 14.9 Å². The average Bonchev–Trinajstić information content (AvgIpc) is 2.18. The quantitative estimate of drug-likeness (QED) is 0.642. The Morgan fingerprint density at radius 2 is 1.82 bits per heavy atom. The molecule has 0 bridgehead atoms. The lowest BCUT2D eigenvalue weighted by molar-refractivity contribution is -0.274. The van der Waals surface area contributed by atoms with Crippen molar-refractivity contribution in [3.8, 4) is 5.75 Å². The van der Waals surface area contributed by atoms with Gasteiger partial charge in [-0.3, -0.25) is 0 Å². The van der Waals surface area contributed by atoms with E-state index in [-0.39, 0.29) is 6.42 Å². The van der Waals surface area contributed by atoms with Crippen LogP contribution in [-0.4, -0.2) is 16.6 Å². The van der Waals surface area contributed by atoms with Gasteiger partial charge in [-0.2, -0.15) is 0 Å². The third-order valence-electron chi connectivity index (χ3n) is 2.10. The van der Waals surface area contributed by atoms with E-state index in [1.165, 1.54) is 6.92 Å². The normalized spacial score (nSPS) is 12.6. The van der Waals surface area contributed by atoms with E-state index < -0.39 is 29.3 Å². The van der Waals surface area contributed by atoms with Crippen molar-refractivity contribution < 1.29 is 32.5 Å². The van der Waals surface area contributed by atoms with Crippen molar-refractivity contribution >= 4 is 0 Å². The molecule has 0 amide bonds. The van der Waals surface area contributed by atoms with Gasteiger partial charge in [-0.1, -0.05) is 6.92 Å². The summed E-state index contributed by atoms with van der Waals surface area (Å²) in [6.07, 6.45) is -5.20. The minimum Gasteiger partial charge on any atom is -0.406 e. The first-order valence-corrected chi connectivity index (χ1v) is 4.66. The molecule has 3 nitrogen and oxygen atoms in total. The van der Waals surface area contributed by atoms with Crippen LogP contribution in [0.15, 0.2) is 18.2 Å². The van der Waals surface area contributed by atoms with Gasteiger partial charge in [0.15, 0.2) is 5.79 Å². The van der Waals surface area contributed by atoms with Gasteiger partial charge in [0.2, 0.25) is 0 Å². The van der Waals surface area contributed by atoms with Crippen molar-refractivity contribution in [2.24, 2.45) is 0 Å². The van der Waals surface area contributed by atoms with Gasteiger partial charge in [-0.15, -0.1) is 13.2 Å². The van der Waals surface area contributed by atoms with Crippen molar-refractivity contribution in [1.82, 2.24) is 0 Å². The molecular formula is C10H10F4O3. The zero-order valence-corrected chi connectivity index (χ0v) is 8.75. The van der Waals surface area contributed by atoms with Crippen LogP contribution in [0, 0.1) is 5.82 Å². The molecule has 0 saturated heterocycles. The molecule has 7 heteroatoms. The topological polar surface area (TPSA) is 49.7 Å². The Bertz CT molecular complexity index is 401. The average molecular weight is 254 g/mol. The standard InChI is InChI=1S/C10H10F4O3/c1-2-9(15,16)7-5-6(3-4-8(7)11)17-10(12,13)14/h3-5,15-16H,2H2,1H3. The van der Waals surface area contributed by atoms with E-state index in [1.807, 2.05) is 0 Å². The molecule has 0 heterocycles. The molecular weight excluding hydrogens is 244 g/mol. The van der Waals surface area contributed by atoms with E-state index in [4.69, 9.17) is 0 Å². The van der Waals surface area contributed by atoms with E-state index in [2.05, 4.69) is 4.74 Å². The second-order valence-corrected chi connectivity index (χ2v) is 3.36. The van der Waals surface area contributed by atoms with Crippen molar-refractivity contribution in [3.05, 3.63) is 29.6 Å². The molecule has 1 aromatic carbocycles. The first-order chi connectivity index (χ1) is 7.65. The Hall–Kier alpha value is -1.34. The summed E-state index contributed by atoms with van der Waals surface area (Å²) >= 11 is 0. The maximum Gasteiger partial charge on any atom is 0.573 e. The van der Waals surface area contributed by atoms with Crippen LogP contribution in [-0.2, 0) is 5.79 Å². The Morgan fingerprint density at radius 1 is 1.24 bits per heavy atom. The largest absolute Gasteiger partial charge is 0.573 e. The van der Waals surface area contributed by atoms with Gasteiger partial charge in [-0.05, 0) is 18.2 Å². The molecule has 2 N–H and O–H groups in total. The summed E-state index contributed by atoms with van der Waals surface area (Å²) in [5.41, 5.74) is -0.665. The van der Waals surface area contributed by atoms with E-state index in [0.29, 0.717) is 12.1 Å². The van der Waals surface area contributed by atoms with E-state index in [9.17, 15) is 27.8 Å². The summed E-state index contributed by atoms with van der Waals surface area (Å²) < 4.78 is 52.5. The zero-order valence-electron chi connectivity index (χ0n) is 8.75. The molecule has 0 spiro atoms. The highest BCUT2D eigenvalue weighted by molar-refractivity contribution is 5.32. The summed E-state index contributed by atoms with van der Waals surface area (Å²) in [5, 5.41) is 18.8. The monoisotopic (exact) mass is 254 g/mol. The molecule has 96 valence electrons. The molecule has 0 aromatic heterocycles. The van der Waals surface area contributed by atoms with Crippen LogP contribution < -0.4 is 4.74 Å². The van der Waals surface area contributed by atoms with Crippen LogP contribution in [0.4, 0.5) is 17.6 Å². The van der Waals surface area contributed by atoms with Gasteiger partial charge in [0.05, 0.1) is 0 Å². The Kier molecular flexibility index (Phi) is 3.63. The fraction of sp³-hybridized carbons (Fsp3) is 0.400. The van der Waals surface area contributed by atoms with Crippen molar-refractivity contribution in [3.63, 3.8) is 0 Å². The summed E-state index contributed by atoms with van der Waals surface area (Å²) in [6.45, 7) is 1.34. The minimum atomic E-state index is -4.92. The maximum absolute atomic E-state index is 13.2. The molecule has 0 aliphatic rings. The number of aliphatic hydroxyl groups is 2. The zero-order chi connectivity index (χ0) is 13.3. The van der Waals surface area contributed by atoms with Crippen LogP contribution in [0.3, 0.4) is 0 Å². The third kappa shape index (κ3) is 3.57. The highest BCUT2D eigenvalue weighted by Crippen LogP contribution is 2.30. The fourth-order valence-electron chi connectivity index (χ4n) is 1.20. The van der Waals surface area contributed by atoms with Gasteiger partial charge >= 0.3 is 6.36 Å². The lowest BCUT2D eigenvalue weighted by atomic mass is 10.0. The van der Waals surface area contributed by atoms with E-state index >= 15 is 0 Å². The van der Waals surface area contributed by atoms with Crippen molar-refractivity contribution in [2.75, 3.05) is 0 Å². The predicted molar refractivity (Wildman–Crippen MR) is 49.5 cm³/mol. The highest BCUT2D eigenvalue weighted by Gasteiger charge is 2.33. The number of rotatable bonds is 3. The number of halogens is 4. The summed E-state index contributed by atoms with van der Waals surface area (Å²) in [5.74, 6) is -4.27. The number of benzene rings is 1. The molecule has 0 fully saturated rings. The van der Waals surface area contributed by atoms with Crippen LogP contribution >= 0.6 is 0 Å². The molecule has 0 aliphatic carbocycles. The Labute approximate surface area is 94.3 Å². The van der Waals surface area contributed by atoms with E-state index in [0.717, 1.165) is 6.07 Å². The van der Waals surface area contributed by atoms with Crippen LogP contribution in [0.25, 0.3) is 0 Å². The molecule has 0 atom stereocenters. The van der Waals surface area contributed by atoms with Gasteiger partial charge in [0.1, 0.15) is 11.6 Å². The maximum atomic E-state index is 13.2. The minimum absolute atomic E-state index is 0.278. The molecule has 0 saturated carbocycles. The summed E-state index contributed by atoms with van der Waals surface area (Å²) in [4.78, 5) is 0. The Morgan fingerprint density at radius 3 is 2.29 bits per heavy atom. The molecule has 1 rings (SSSR count). The highest BCUT2D eigenvalue weighted by atomic mass is 19.4. The van der Waals surface area contributed by atoms with E-state index in [1.54, 1.807) is 0 Å². The lowest BCUT2D eigenvalue weighted by Gasteiger charge is -2.21. The third-order valence-corrected chi connectivity index (χ3v) is 2.10. The van der Waals surface area contributed by atoms with Gasteiger partial charge in [0, 0.05) is 12.0 Å². The molecule has 17 heavy (non-hydrogen) atoms. The number of ether oxygens (including phenoxy) is 1. The summed E-state index contributed by atoms with van der Waals surface area (Å²) in [7, 11) is 0. The lowest BCUT2D eigenvalue weighted by Crippen LogP contribution is -2.25. The fourth-order valence-corrected chi connectivity index (χ4v) is 1.20. The van der Waals surface area contributed by atoms with Gasteiger partial charge in [0.25, 0.3) is 0 Å². The first kappa shape index (κ1) is 13.7. The molecule has 0 radical (unpaired) electrons. The van der Waals surface area contributed by atoms with Gasteiger partial charge in [-0.25, -0.2) is 4.39 Å². The van der Waals surface area contributed by atoms with Crippen LogP contribution in [0.2, 0.25) is 0 Å². The Balaban J connectivity index is 3.11. The number of hydrogen-bond acceptors (Lipinski definition) is 3. The number of hydrogen-bond donors (Lipinski definition) is 2. The molecule has 0 unspecified atom stereocenters. The number of alkyl halides is 3. The smallest absolute Gasteiger partial charge is 0.406 e. The summed E-state index contributed by atoms with van der Waals surface area (Å²) in [6, 6.07) is 2.03. The second-order valence-electron chi connectivity index (χ2n) is 3.36. The van der Waals surface area contributed by atoms with Crippen molar-refractivity contribution in [1.29, 1.82) is 0 Å². The second kappa shape index (κ2) is 4.50. The van der Waals surface area contributed by atoms with Crippen LogP contribution in [0.1, 0.15) is 18.9 Å². The SMILES string of the molecule is CCC(O)(O)c1cc(OC(F)(F)F)ccc1F.